The van der Waals surface area contributed by atoms with E-state index in [1.807, 2.05) is 18.2 Å². The lowest BCUT2D eigenvalue weighted by Gasteiger charge is -2.18. The minimum Gasteiger partial charge on any atom is -0.463 e. The number of aliphatic hydroxyl groups is 1. The van der Waals surface area contributed by atoms with Gasteiger partial charge in [0.2, 0.25) is 0 Å². The van der Waals surface area contributed by atoms with Crippen LogP contribution in [-0.2, 0) is 0 Å². The van der Waals surface area contributed by atoms with Crippen LogP contribution in [0.25, 0.3) is 16.7 Å². The summed E-state index contributed by atoms with van der Waals surface area (Å²) in [5.74, 6) is 0. The lowest BCUT2D eigenvalue weighted by atomic mass is 10.1. The molecule has 0 radical (unpaired) electrons. The minimum absolute atomic E-state index is 0.0114. The molecule has 2 aliphatic rings. The summed E-state index contributed by atoms with van der Waals surface area (Å²) in [6.45, 7) is 1.66. The van der Waals surface area contributed by atoms with E-state index >= 15 is 0 Å². The van der Waals surface area contributed by atoms with E-state index < -0.39 is 0 Å². The molecule has 2 aromatic rings. The smallest absolute Gasteiger partial charge is 0.168 e. The number of aliphatic imine (C=N–C) groups is 1. The first-order valence-corrected chi connectivity index (χ1v) is 7.49. The van der Waals surface area contributed by atoms with Crippen molar-refractivity contribution in [3.05, 3.63) is 40.0 Å². The van der Waals surface area contributed by atoms with Gasteiger partial charge in [-0.3, -0.25) is 4.99 Å². The molecule has 0 amide bonds. The van der Waals surface area contributed by atoms with Gasteiger partial charge in [-0.25, -0.2) is 0 Å². The molecule has 0 unspecified atom stereocenters. The van der Waals surface area contributed by atoms with Crippen molar-refractivity contribution in [1.82, 2.24) is 4.90 Å². The Hall–Kier alpha value is -1.43. The van der Waals surface area contributed by atoms with E-state index in [1.165, 1.54) is 0 Å². The molecule has 3 heterocycles. The van der Waals surface area contributed by atoms with Gasteiger partial charge in [0.15, 0.2) is 10.8 Å². The first kappa shape index (κ1) is 12.3. The van der Waals surface area contributed by atoms with Gasteiger partial charge in [-0.15, -0.1) is 0 Å². The normalized spacial score (nSPS) is 18.1. The third kappa shape index (κ3) is 1.63. The van der Waals surface area contributed by atoms with Gasteiger partial charge in [0.1, 0.15) is 0 Å². The van der Waals surface area contributed by atoms with E-state index in [-0.39, 0.29) is 6.61 Å². The molecule has 0 saturated heterocycles. The fourth-order valence-corrected chi connectivity index (χ4v) is 3.93. The Labute approximate surface area is 124 Å². The number of aliphatic hydroxyl groups excluding tert-OH is 1. The van der Waals surface area contributed by atoms with Crippen LogP contribution in [-0.4, -0.2) is 34.9 Å². The maximum atomic E-state index is 9.62. The molecule has 6 heteroatoms. The number of rotatable bonds is 2. The van der Waals surface area contributed by atoms with Crippen LogP contribution in [0, 0.1) is 0 Å². The second-order valence-electron chi connectivity index (χ2n) is 4.61. The predicted octanol–water partition coefficient (Wildman–Crippen LogP) is 3.17. The molecular weight excluding hydrogens is 296 g/mol. The number of thioether (sulfide) groups is 1. The van der Waals surface area contributed by atoms with E-state index in [1.54, 1.807) is 18.0 Å². The topological polar surface area (TPSA) is 49.0 Å². The molecule has 4 nitrogen and oxygen atoms in total. The second kappa shape index (κ2) is 4.55. The molecule has 0 saturated carbocycles. The van der Waals surface area contributed by atoms with Gasteiger partial charge < -0.3 is 14.4 Å². The summed E-state index contributed by atoms with van der Waals surface area (Å²) in [5.41, 5.74) is 2.74. The average molecular weight is 307 g/mol. The zero-order valence-corrected chi connectivity index (χ0v) is 12.0. The average Bonchev–Trinajstić information content (AvgIpc) is 3.14. The summed E-state index contributed by atoms with van der Waals surface area (Å²) in [5, 5.41) is 12.2. The van der Waals surface area contributed by atoms with Crippen molar-refractivity contribution in [3.63, 3.8) is 0 Å². The van der Waals surface area contributed by atoms with Gasteiger partial charge in [-0.1, -0.05) is 29.4 Å². The number of nitrogens with zero attached hydrogens (tertiary/aromatic N) is 2. The van der Waals surface area contributed by atoms with Crippen molar-refractivity contribution in [2.24, 2.45) is 4.99 Å². The van der Waals surface area contributed by atoms with Crippen molar-refractivity contribution < 1.29 is 9.52 Å². The summed E-state index contributed by atoms with van der Waals surface area (Å²) >= 11 is 7.70. The summed E-state index contributed by atoms with van der Waals surface area (Å²) < 4.78 is 5.46. The van der Waals surface area contributed by atoms with Crippen LogP contribution in [0.1, 0.15) is 5.56 Å². The molecule has 0 spiro atoms. The standard InChI is InChI=1S/C14H11ClN2O2S/c15-10-2-1-8(9-3-6-19-13(9)10)12-11(7-18)20-14-16-4-5-17(12)14/h1-3,6,18H,4-5,7H2. The summed E-state index contributed by atoms with van der Waals surface area (Å²) in [4.78, 5) is 7.54. The summed E-state index contributed by atoms with van der Waals surface area (Å²) in [6, 6.07) is 5.72. The highest BCUT2D eigenvalue weighted by Gasteiger charge is 2.33. The van der Waals surface area contributed by atoms with Crippen molar-refractivity contribution in [3.8, 4) is 0 Å². The monoisotopic (exact) mass is 306 g/mol. The van der Waals surface area contributed by atoms with Gasteiger partial charge >= 0.3 is 0 Å². The van der Waals surface area contributed by atoms with Crippen molar-refractivity contribution >= 4 is 45.2 Å². The van der Waals surface area contributed by atoms with Crippen molar-refractivity contribution in [1.29, 1.82) is 0 Å². The van der Waals surface area contributed by atoms with Gasteiger partial charge in [0.05, 0.1) is 30.1 Å². The molecule has 102 valence electrons. The Balaban J connectivity index is 1.96. The Morgan fingerprint density at radius 2 is 2.30 bits per heavy atom. The highest BCUT2D eigenvalue weighted by molar-refractivity contribution is 8.17. The maximum Gasteiger partial charge on any atom is 0.168 e. The third-order valence-corrected chi connectivity index (χ3v) is 4.92. The number of hydrogen-bond acceptors (Lipinski definition) is 5. The molecule has 2 aliphatic heterocycles. The van der Waals surface area contributed by atoms with Crippen LogP contribution >= 0.6 is 23.4 Å². The Kier molecular flexibility index (Phi) is 2.80. The third-order valence-electron chi connectivity index (χ3n) is 3.52. The van der Waals surface area contributed by atoms with E-state index in [2.05, 4.69) is 9.89 Å². The molecule has 4 rings (SSSR count). The molecule has 1 aromatic carbocycles. The second-order valence-corrected chi connectivity index (χ2v) is 6.08. The highest BCUT2D eigenvalue weighted by atomic mass is 35.5. The lowest BCUT2D eigenvalue weighted by molar-refractivity contribution is 0.339. The number of furan rings is 1. The predicted molar refractivity (Wildman–Crippen MR) is 81.8 cm³/mol. The van der Waals surface area contributed by atoms with E-state index in [0.717, 1.165) is 39.8 Å². The molecule has 1 aromatic heterocycles. The summed E-state index contributed by atoms with van der Waals surface area (Å²) in [6.07, 6.45) is 1.64. The van der Waals surface area contributed by atoms with Crippen LogP contribution in [0.15, 0.2) is 38.8 Å². The van der Waals surface area contributed by atoms with Crippen molar-refractivity contribution in [2.75, 3.05) is 19.7 Å². The van der Waals surface area contributed by atoms with Crippen LogP contribution < -0.4 is 0 Å². The van der Waals surface area contributed by atoms with Crippen LogP contribution in [0.4, 0.5) is 0 Å². The largest absolute Gasteiger partial charge is 0.463 e. The quantitative estimate of drug-likeness (QED) is 0.926. The molecule has 0 fully saturated rings. The molecule has 0 atom stereocenters. The first-order valence-electron chi connectivity index (χ1n) is 6.29. The van der Waals surface area contributed by atoms with Gasteiger partial charge in [0, 0.05) is 22.4 Å². The molecule has 0 bridgehead atoms. The molecule has 20 heavy (non-hydrogen) atoms. The SMILES string of the molecule is OCC1=C(c2ccc(Cl)c3occc23)N2CCN=C2S1. The number of amidine groups is 1. The highest BCUT2D eigenvalue weighted by Crippen LogP contribution is 2.44. The van der Waals surface area contributed by atoms with E-state index in [9.17, 15) is 5.11 Å². The number of fused-ring (bicyclic) bond motifs is 2. The fourth-order valence-electron chi connectivity index (χ4n) is 2.67. The zero-order chi connectivity index (χ0) is 13.7. The fraction of sp³-hybridized carbons (Fsp3) is 0.214. The maximum absolute atomic E-state index is 9.62. The van der Waals surface area contributed by atoms with Crippen LogP contribution in [0.5, 0.6) is 0 Å². The molecule has 0 aliphatic carbocycles. The van der Waals surface area contributed by atoms with Crippen molar-refractivity contribution in [2.45, 2.75) is 0 Å². The lowest BCUT2D eigenvalue weighted by Crippen LogP contribution is -2.20. The Morgan fingerprint density at radius 1 is 1.40 bits per heavy atom. The Morgan fingerprint density at radius 3 is 3.15 bits per heavy atom. The Bertz CT molecular complexity index is 766. The first-order chi connectivity index (χ1) is 9.79. The number of hydrogen-bond donors (Lipinski definition) is 1. The molecule has 1 N–H and O–H groups in total. The van der Waals surface area contributed by atoms with Crippen LogP contribution in [0.3, 0.4) is 0 Å². The van der Waals surface area contributed by atoms with Gasteiger partial charge in [-0.05, 0) is 12.1 Å². The van der Waals surface area contributed by atoms with Gasteiger partial charge in [-0.2, -0.15) is 0 Å². The van der Waals surface area contributed by atoms with E-state index in [0.29, 0.717) is 10.6 Å². The summed E-state index contributed by atoms with van der Waals surface area (Å²) in [7, 11) is 0. The zero-order valence-electron chi connectivity index (χ0n) is 10.5. The number of halogens is 1. The number of benzene rings is 1. The van der Waals surface area contributed by atoms with Gasteiger partial charge in [0.25, 0.3) is 0 Å². The van der Waals surface area contributed by atoms with E-state index in [4.69, 9.17) is 16.0 Å². The van der Waals surface area contributed by atoms with Crippen LogP contribution in [0.2, 0.25) is 5.02 Å². The molecular formula is C14H11ClN2O2S. The minimum atomic E-state index is 0.0114.